The Bertz CT molecular complexity index is 939. The monoisotopic (exact) mass is 394 g/mol. The number of nitrogens with zero attached hydrogens (tertiary/aromatic N) is 3. The van der Waals surface area contributed by atoms with Gasteiger partial charge in [0.15, 0.2) is 11.0 Å². The van der Waals surface area contributed by atoms with Crippen molar-refractivity contribution in [3.63, 3.8) is 0 Å². The molecule has 0 saturated carbocycles. The molecule has 0 bridgehead atoms. The van der Waals surface area contributed by atoms with E-state index in [1.807, 2.05) is 67.1 Å². The molecule has 146 valence electrons. The molecule has 0 fully saturated rings. The van der Waals surface area contributed by atoms with Crippen LogP contribution in [-0.2, 0) is 11.8 Å². The van der Waals surface area contributed by atoms with Crippen molar-refractivity contribution in [1.29, 1.82) is 0 Å². The molecule has 3 rings (SSSR count). The summed E-state index contributed by atoms with van der Waals surface area (Å²) in [5, 5.41) is 12.1. The summed E-state index contributed by atoms with van der Waals surface area (Å²) in [5.41, 5.74) is 3.06. The van der Waals surface area contributed by atoms with E-state index < -0.39 is 0 Å². The highest BCUT2D eigenvalue weighted by Gasteiger charge is 2.20. The molecule has 1 aromatic heterocycles. The molecule has 0 radical (unpaired) electrons. The SMILES string of the molecule is CC[C@H](C)c1ccccc1NC(=O)[C@H](C)Sc1nnc(-c2ccccc2)n1C. The van der Waals surface area contributed by atoms with Gasteiger partial charge in [-0.05, 0) is 30.9 Å². The zero-order chi connectivity index (χ0) is 20.1. The van der Waals surface area contributed by atoms with Crippen molar-refractivity contribution < 1.29 is 4.79 Å². The van der Waals surface area contributed by atoms with Gasteiger partial charge in [0.05, 0.1) is 5.25 Å². The van der Waals surface area contributed by atoms with Gasteiger partial charge in [0.2, 0.25) is 5.91 Å². The van der Waals surface area contributed by atoms with Gasteiger partial charge < -0.3 is 9.88 Å². The summed E-state index contributed by atoms with van der Waals surface area (Å²) in [6, 6.07) is 17.9. The fourth-order valence-electron chi connectivity index (χ4n) is 2.96. The van der Waals surface area contributed by atoms with Crippen molar-refractivity contribution in [2.75, 3.05) is 5.32 Å². The summed E-state index contributed by atoms with van der Waals surface area (Å²) in [4.78, 5) is 12.8. The number of amides is 1. The number of hydrogen-bond donors (Lipinski definition) is 1. The molecule has 3 aromatic rings. The molecule has 0 aliphatic rings. The molecule has 0 aliphatic heterocycles. The van der Waals surface area contributed by atoms with Crippen LogP contribution in [0.4, 0.5) is 5.69 Å². The molecule has 28 heavy (non-hydrogen) atoms. The Morgan fingerprint density at radius 2 is 1.75 bits per heavy atom. The number of thioether (sulfide) groups is 1. The average molecular weight is 395 g/mol. The smallest absolute Gasteiger partial charge is 0.237 e. The molecule has 0 spiro atoms. The van der Waals surface area contributed by atoms with Gasteiger partial charge in [-0.1, -0.05) is 74.1 Å². The number of rotatable bonds is 7. The topological polar surface area (TPSA) is 59.8 Å². The van der Waals surface area contributed by atoms with E-state index in [1.54, 1.807) is 0 Å². The summed E-state index contributed by atoms with van der Waals surface area (Å²) in [7, 11) is 1.92. The molecular weight excluding hydrogens is 368 g/mol. The number of aromatic nitrogens is 3. The minimum absolute atomic E-state index is 0.0370. The lowest BCUT2D eigenvalue weighted by Crippen LogP contribution is -2.23. The zero-order valence-corrected chi connectivity index (χ0v) is 17.5. The fourth-order valence-corrected chi connectivity index (χ4v) is 3.78. The van der Waals surface area contributed by atoms with Gasteiger partial charge in [0, 0.05) is 18.3 Å². The average Bonchev–Trinajstić information content (AvgIpc) is 3.08. The lowest BCUT2D eigenvalue weighted by atomic mass is 9.97. The highest BCUT2D eigenvalue weighted by atomic mass is 32.2. The van der Waals surface area contributed by atoms with Crippen molar-refractivity contribution in [2.24, 2.45) is 7.05 Å². The Morgan fingerprint density at radius 3 is 2.46 bits per heavy atom. The third-order valence-electron chi connectivity index (χ3n) is 4.88. The molecule has 0 aliphatic carbocycles. The normalized spacial score (nSPS) is 13.1. The van der Waals surface area contributed by atoms with E-state index in [2.05, 4.69) is 35.4 Å². The van der Waals surface area contributed by atoms with Crippen LogP contribution in [0, 0.1) is 0 Å². The number of nitrogens with one attached hydrogen (secondary N) is 1. The second kappa shape index (κ2) is 9.06. The number of para-hydroxylation sites is 1. The third kappa shape index (κ3) is 4.44. The van der Waals surface area contributed by atoms with Crippen LogP contribution in [0.1, 0.15) is 38.7 Å². The molecule has 5 nitrogen and oxygen atoms in total. The van der Waals surface area contributed by atoms with Gasteiger partial charge >= 0.3 is 0 Å². The summed E-state index contributed by atoms with van der Waals surface area (Å²) in [6.07, 6.45) is 1.03. The van der Waals surface area contributed by atoms with Crippen LogP contribution in [0.25, 0.3) is 11.4 Å². The molecule has 1 amide bonds. The van der Waals surface area contributed by atoms with Crippen LogP contribution in [0.2, 0.25) is 0 Å². The largest absolute Gasteiger partial charge is 0.325 e. The third-order valence-corrected chi connectivity index (χ3v) is 6.01. The second-order valence-corrected chi connectivity index (χ2v) is 8.19. The summed E-state index contributed by atoms with van der Waals surface area (Å²) in [6.45, 7) is 6.22. The maximum atomic E-state index is 12.8. The Hall–Kier alpha value is -2.60. The first kappa shape index (κ1) is 20.1. The number of anilines is 1. The summed E-state index contributed by atoms with van der Waals surface area (Å²) < 4.78 is 1.93. The van der Waals surface area contributed by atoms with Gasteiger partial charge in [-0.2, -0.15) is 0 Å². The Kier molecular flexibility index (Phi) is 6.52. The lowest BCUT2D eigenvalue weighted by Gasteiger charge is -2.17. The summed E-state index contributed by atoms with van der Waals surface area (Å²) in [5.74, 6) is 1.15. The maximum Gasteiger partial charge on any atom is 0.237 e. The predicted octanol–water partition coefficient (Wildman–Crippen LogP) is 5.11. The van der Waals surface area contributed by atoms with Crippen LogP contribution < -0.4 is 5.32 Å². The van der Waals surface area contributed by atoms with E-state index in [0.29, 0.717) is 5.92 Å². The van der Waals surface area contributed by atoms with Gasteiger partial charge in [0.1, 0.15) is 0 Å². The first-order valence-corrected chi connectivity index (χ1v) is 10.4. The van der Waals surface area contributed by atoms with Crippen LogP contribution in [0.5, 0.6) is 0 Å². The van der Waals surface area contributed by atoms with Gasteiger partial charge in [0.25, 0.3) is 0 Å². The Morgan fingerprint density at radius 1 is 1.07 bits per heavy atom. The van der Waals surface area contributed by atoms with Crippen molar-refractivity contribution in [2.45, 2.75) is 43.5 Å². The second-order valence-electron chi connectivity index (χ2n) is 6.88. The predicted molar refractivity (Wildman–Crippen MR) is 116 cm³/mol. The molecule has 1 N–H and O–H groups in total. The van der Waals surface area contributed by atoms with Gasteiger partial charge in [-0.3, -0.25) is 4.79 Å². The molecule has 2 aromatic carbocycles. The standard InChI is InChI=1S/C22H26N4OS/c1-5-15(2)18-13-9-10-14-19(18)23-21(27)16(3)28-22-25-24-20(26(22)4)17-11-7-6-8-12-17/h6-16H,5H2,1-4H3,(H,23,27)/t15-,16-/m0/s1. The van der Waals surface area contributed by atoms with E-state index in [0.717, 1.165) is 28.7 Å². The number of carbonyl (C=O) groups is 1. The van der Waals surface area contributed by atoms with Crippen molar-refractivity contribution in [3.05, 3.63) is 60.2 Å². The maximum absolute atomic E-state index is 12.8. The van der Waals surface area contributed by atoms with Crippen molar-refractivity contribution in [1.82, 2.24) is 14.8 Å². The van der Waals surface area contributed by atoms with Crippen molar-refractivity contribution >= 4 is 23.4 Å². The van der Waals surface area contributed by atoms with Crippen LogP contribution in [0.3, 0.4) is 0 Å². The molecule has 6 heteroatoms. The van der Waals surface area contributed by atoms with E-state index in [1.165, 1.54) is 17.3 Å². The minimum Gasteiger partial charge on any atom is -0.325 e. The van der Waals surface area contributed by atoms with Crippen molar-refractivity contribution in [3.8, 4) is 11.4 Å². The fraction of sp³-hybridized carbons (Fsp3) is 0.318. The number of hydrogen-bond acceptors (Lipinski definition) is 4. The van der Waals surface area contributed by atoms with Crippen LogP contribution in [-0.4, -0.2) is 25.9 Å². The van der Waals surface area contributed by atoms with E-state index in [-0.39, 0.29) is 11.2 Å². The number of carbonyl (C=O) groups excluding carboxylic acids is 1. The van der Waals surface area contributed by atoms with E-state index in [9.17, 15) is 4.79 Å². The van der Waals surface area contributed by atoms with Crippen LogP contribution in [0.15, 0.2) is 59.8 Å². The van der Waals surface area contributed by atoms with Crippen LogP contribution >= 0.6 is 11.8 Å². The zero-order valence-electron chi connectivity index (χ0n) is 16.7. The van der Waals surface area contributed by atoms with Gasteiger partial charge in [-0.25, -0.2) is 0 Å². The number of benzene rings is 2. The highest BCUT2D eigenvalue weighted by Crippen LogP contribution is 2.29. The molecule has 1 heterocycles. The molecule has 2 atom stereocenters. The first-order chi connectivity index (χ1) is 13.5. The van der Waals surface area contributed by atoms with Gasteiger partial charge in [-0.15, -0.1) is 10.2 Å². The van der Waals surface area contributed by atoms with E-state index in [4.69, 9.17) is 0 Å². The minimum atomic E-state index is -0.295. The quantitative estimate of drug-likeness (QED) is 0.565. The Balaban J connectivity index is 1.72. The van der Waals surface area contributed by atoms with E-state index >= 15 is 0 Å². The first-order valence-electron chi connectivity index (χ1n) is 9.52. The Labute approximate surface area is 170 Å². The molecule has 0 saturated heterocycles. The lowest BCUT2D eigenvalue weighted by molar-refractivity contribution is -0.115. The molecule has 0 unspecified atom stereocenters. The summed E-state index contributed by atoms with van der Waals surface area (Å²) >= 11 is 1.41. The molecular formula is C22H26N4OS. The highest BCUT2D eigenvalue weighted by molar-refractivity contribution is 8.00.